The molecule has 2 aromatic rings. The van der Waals surface area contributed by atoms with Crippen LogP contribution in [0.5, 0.6) is 0 Å². The zero-order valence-corrected chi connectivity index (χ0v) is 18.6. The van der Waals surface area contributed by atoms with E-state index >= 15 is 0 Å². The van der Waals surface area contributed by atoms with Gasteiger partial charge in [0.2, 0.25) is 5.95 Å². The van der Waals surface area contributed by atoms with Gasteiger partial charge in [0.25, 0.3) is 5.91 Å². The number of carboxylic acid groups (broad SMARTS) is 1. The molecule has 0 saturated carbocycles. The first-order chi connectivity index (χ1) is 16.1. The van der Waals surface area contributed by atoms with Crippen LogP contribution in [-0.4, -0.2) is 82.4 Å². The van der Waals surface area contributed by atoms with Crippen molar-refractivity contribution in [3.63, 3.8) is 0 Å². The molecule has 9 nitrogen and oxygen atoms in total. The van der Waals surface area contributed by atoms with Crippen molar-refractivity contribution in [2.75, 3.05) is 38.3 Å². The number of aliphatic carboxylic acids is 1. The van der Waals surface area contributed by atoms with Gasteiger partial charge in [0, 0.05) is 57.1 Å². The summed E-state index contributed by atoms with van der Waals surface area (Å²) in [5.74, 6) is -1.89. The Hall–Kier alpha value is -3.28. The van der Waals surface area contributed by atoms with E-state index in [1.54, 1.807) is 44.0 Å². The fourth-order valence-corrected chi connectivity index (χ4v) is 4.40. The van der Waals surface area contributed by atoms with Crippen molar-refractivity contribution in [3.8, 4) is 0 Å². The van der Waals surface area contributed by atoms with E-state index in [-0.39, 0.29) is 17.4 Å². The van der Waals surface area contributed by atoms with Gasteiger partial charge < -0.3 is 19.6 Å². The summed E-state index contributed by atoms with van der Waals surface area (Å²) in [6.07, 6.45) is 4.86. The van der Waals surface area contributed by atoms with Gasteiger partial charge in [0.15, 0.2) is 0 Å². The third kappa shape index (κ3) is 6.19. The monoisotopic (exact) mass is 481 g/mol. The lowest BCUT2D eigenvalue weighted by molar-refractivity contribution is -0.192. The maximum absolute atomic E-state index is 12.7. The fourth-order valence-electron chi connectivity index (χ4n) is 4.40. The number of aromatic nitrogens is 3. The zero-order valence-electron chi connectivity index (χ0n) is 18.6. The van der Waals surface area contributed by atoms with Crippen molar-refractivity contribution in [2.24, 2.45) is 5.41 Å². The molecule has 4 heterocycles. The number of hydrogen-bond acceptors (Lipinski definition) is 7. The number of methoxy groups -OCH3 is 1. The summed E-state index contributed by atoms with van der Waals surface area (Å²) in [5, 5.41) is 7.12. The van der Waals surface area contributed by atoms with Crippen LogP contribution >= 0.6 is 0 Å². The summed E-state index contributed by atoms with van der Waals surface area (Å²) in [5.41, 5.74) is 0.904. The van der Waals surface area contributed by atoms with Crippen molar-refractivity contribution in [2.45, 2.75) is 31.5 Å². The molecule has 2 aliphatic heterocycles. The van der Waals surface area contributed by atoms with Crippen LogP contribution < -0.4 is 4.90 Å². The smallest absolute Gasteiger partial charge is 0.475 e. The topological polar surface area (TPSA) is 109 Å². The summed E-state index contributed by atoms with van der Waals surface area (Å²) in [6, 6.07) is 5.68. The molecular formula is C22H26F3N5O4. The number of carboxylic acids is 1. The number of carbonyl (C=O) groups is 2. The number of likely N-dealkylation sites (tertiary alicyclic amines) is 1. The maximum Gasteiger partial charge on any atom is 0.490 e. The van der Waals surface area contributed by atoms with Crippen LogP contribution in [0.4, 0.5) is 19.1 Å². The Bertz CT molecular complexity index is 954. The first-order valence-electron chi connectivity index (χ1n) is 10.7. The molecule has 2 fully saturated rings. The second-order valence-electron chi connectivity index (χ2n) is 8.32. The van der Waals surface area contributed by atoms with Crippen molar-refractivity contribution in [1.82, 2.24) is 19.9 Å². The Kier molecular flexibility index (Phi) is 8.02. The minimum Gasteiger partial charge on any atom is -0.475 e. The highest BCUT2D eigenvalue weighted by atomic mass is 19.4. The van der Waals surface area contributed by atoms with Gasteiger partial charge in [-0.15, -0.1) is 0 Å². The number of piperidine rings is 1. The highest BCUT2D eigenvalue weighted by molar-refractivity contribution is 5.94. The van der Waals surface area contributed by atoms with E-state index < -0.39 is 12.1 Å². The third-order valence-corrected chi connectivity index (χ3v) is 6.06. The molecule has 2 aromatic heterocycles. The van der Waals surface area contributed by atoms with Crippen LogP contribution in [0.3, 0.4) is 0 Å². The number of anilines is 1. The predicted molar refractivity (Wildman–Crippen MR) is 115 cm³/mol. The largest absolute Gasteiger partial charge is 0.490 e. The predicted octanol–water partition coefficient (Wildman–Crippen LogP) is 2.65. The maximum atomic E-state index is 12.7. The highest BCUT2D eigenvalue weighted by Gasteiger charge is 2.47. The first kappa shape index (κ1) is 25.3. The van der Waals surface area contributed by atoms with Gasteiger partial charge in [0.05, 0.1) is 12.6 Å². The summed E-state index contributed by atoms with van der Waals surface area (Å²) in [4.78, 5) is 38.7. The molecule has 184 valence electrons. The summed E-state index contributed by atoms with van der Waals surface area (Å²) >= 11 is 0. The van der Waals surface area contributed by atoms with Crippen molar-refractivity contribution < 1.29 is 32.6 Å². The summed E-state index contributed by atoms with van der Waals surface area (Å²) in [6.45, 7) is 3.15. The van der Waals surface area contributed by atoms with E-state index in [1.165, 1.54) is 0 Å². The number of pyridine rings is 1. The molecule has 1 amide bonds. The van der Waals surface area contributed by atoms with Crippen LogP contribution in [0.1, 0.15) is 29.6 Å². The molecule has 0 radical (unpaired) electrons. The number of alkyl halides is 3. The number of amides is 1. The van der Waals surface area contributed by atoms with Crippen molar-refractivity contribution >= 4 is 17.8 Å². The lowest BCUT2D eigenvalue weighted by atomic mass is 9.76. The quantitative estimate of drug-likeness (QED) is 0.710. The van der Waals surface area contributed by atoms with Gasteiger partial charge in [-0.2, -0.15) is 13.2 Å². The molecule has 2 saturated heterocycles. The number of halogens is 3. The van der Waals surface area contributed by atoms with E-state index in [0.717, 1.165) is 44.8 Å². The van der Waals surface area contributed by atoms with Crippen LogP contribution in [0, 0.1) is 5.41 Å². The Morgan fingerprint density at radius 3 is 2.26 bits per heavy atom. The van der Waals surface area contributed by atoms with Crippen LogP contribution in [0.15, 0.2) is 43.0 Å². The Balaban J connectivity index is 0.000000406. The minimum atomic E-state index is -5.08. The lowest BCUT2D eigenvalue weighted by Gasteiger charge is -2.39. The first-order valence-corrected chi connectivity index (χ1v) is 10.7. The second kappa shape index (κ2) is 10.8. The normalized spacial score (nSPS) is 19.5. The molecule has 1 atom stereocenters. The molecule has 1 unspecified atom stereocenters. The van der Waals surface area contributed by atoms with Crippen molar-refractivity contribution in [3.05, 3.63) is 48.5 Å². The van der Waals surface area contributed by atoms with E-state index in [1.807, 2.05) is 11.0 Å². The molecule has 12 heteroatoms. The SMILES string of the molecule is COCC1CC2(CCN(C(=O)c3ccncc3)CC2)CN1c1ncccn1.O=C(O)C(F)(F)F. The fraction of sp³-hybridized carbons (Fsp3) is 0.500. The molecule has 1 N–H and O–H groups in total. The molecule has 34 heavy (non-hydrogen) atoms. The van der Waals surface area contributed by atoms with E-state index in [9.17, 15) is 18.0 Å². The number of rotatable bonds is 4. The zero-order chi connectivity index (χ0) is 24.8. The third-order valence-electron chi connectivity index (χ3n) is 6.06. The molecular weight excluding hydrogens is 455 g/mol. The van der Waals surface area contributed by atoms with Crippen LogP contribution in [-0.2, 0) is 9.53 Å². The molecule has 0 aromatic carbocycles. The summed E-state index contributed by atoms with van der Waals surface area (Å²) < 4.78 is 37.2. The van der Waals surface area contributed by atoms with Gasteiger partial charge >= 0.3 is 12.1 Å². The molecule has 4 rings (SSSR count). The van der Waals surface area contributed by atoms with Gasteiger partial charge in [-0.3, -0.25) is 9.78 Å². The van der Waals surface area contributed by atoms with Crippen LogP contribution in [0.2, 0.25) is 0 Å². The lowest BCUT2D eigenvalue weighted by Crippen LogP contribution is -2.44. The number of nitrogens with zero attached hydrogens (tertiary/aromatic N) is 5. The molecule has 0 aliphatic carbocycles. The molecule has 1 spiro atoms. The van der Waals surface area contributed by atoms with Gasteiger partial charge in [-0.25, -0.2) is 14.8 Å². The molecule has 0 bridgehead atoms. The van der Waals surface area contributed by atoms with Gasteiger partial charge in [-0.1, -0.05) is 0 Å². The van der Waals surface area contributed by atoms with E-state index in [2.05, 4.69) is 19.9 Å². The second-order valence-corrected chi connectivity index (χ2v) is 8.32. The number of carbonyl (C=O) groups excluding carboxylic acids is 1. The average molecular weight is 481 g/mol. The Morgan fingerprint density at radius 2 is 1.74 bits per heavy atom. The van der Waals surface area contributed by atoms with Gasteiger partial charge in [-0.05, 0) is 42.9 Å². The molecule has 2 aliphatic rings. The number of ether oxygens (including phenoxy) is 1. The number of hydrogen-bond donors (Lipinski definition) is 1. The Labute approximate surface area is 194 Å². The standard InChI is InChI=1S/C20H25N5O2.C2HF3O2/c1-27-14-17-13-20(15-25(17)19-22-7-2-8-23-19)5-11-24(12-6-20)18(26)16-3-9-21-10-4-16;3-2(4,5)1(6)7/h2-4,7-10,17H,5-6,11-15H2,1H3;(H,6,7). The highest BCUT2D eigenvalue weighted by Crippen LogP contribution is 2.44. The Morgan fingerprint density at radius 1 is 1.15 bits per heavy atom. The van der Waals surface area contributed by atoms with Crippen LogP contribution in [0.25, 0.3) is 0 Å². The minimum absolute atomic E-state index is 0.0990. The average Bonchev–Trinajstić information content (AvgIpc) is 3.18. The van der Waals surface area contributed by atoms with Gasteiger partial charge in [0.1, 0.15) is 0 Å². The summed E-state index contributed by atoms with van der Waals surface area (Å²) in [7, 11) is 1.74. The van der Waals surface area contributed by atoms with Crippen molar-refractivity contribution in [1.29, 1.82) is 0 Å². The van der Waals surface area contributed by atoms with E-state index in [4.69, 9.17) is 14.6 Å². The van der Waals surface area contributed by atoms with E-state index in [0.29, 0.717) is 12.2 Å².